The number of ketones is 1. The van der Waals surface area contributed by atoms with Gasteiger partial charge in [0, 0.05) is 45.7 Å². The molecule has 2 atom stereocenters. The number of nitrogens with zero attached hydrogens (tertiary/aromatic N) is 1. The van der Waals surface area contributed by atoms with Gasteiger partial charge in [-0.3, -0.25) is 9.59 Å². The molecule has 0 spiro atoms. The molecule has 0 aliphatic heterocycles. The maximum absolute atomic E-state index is 13.6. The van der Waals surface area contributed by atoms with E-state index in [1.165, 1.54) is 0 Å². The fourth-order valence-corrected chi connectivity index (χ4v) is 5.12. The third-order valence-corrected chi connectivity index (χ3v) is 6.84. The van der Waals surface area contributed by atoms with Crippen LogP contribution < -0.4 is 0 Å². The van der Waals surface area contributed by atoms with Gasteiger partial charge in [0.05, 0.1) is 5.92 Å². The Morgan fingerprint density at radius 3 is 2.45 bits per heavy atom. The maximum atomic E-state index is 13.6. The minimum atomic E-state index is -0.386. The van der Waals surface area contributed by atoms with E-state index in [9.17, 15) is 9.59 Å². The average molecular weight is 441 g/mol. The molecule has 5 rings (SSSR count). The largest absolute Gasteiger partial charge is 0.461 e. The monoisotopic (exact) mass is 440 g/mol. The standard InChI is InChI=1S/C28H28N2O3/c1-18-11-12-19(2)30(18)21-13-14-26-24(15-21)25(16-29-26)27(31)22-9-6-10-23(22)28(32)33-17-20-7-4-3-5-8-20/h3-5,7-8,11-16,22-23,29H,6,9-10,17H2,1-2H3/t22-,23?/m0/s1. The molecule has 0 bridgehead atoms. The average Bonchev–Trinajstić information content (AvgIpc) is 3.56. The van der Waals surface area contributed by atoms with Crippen molar-refractivity contribution in [2.75, 3.05) is 0 Å². The first-order chi connectivity index (χ1) is 16.0. The summed E-state index contributed by atoms with van der Waals surface area (Å²) in [6.07, 6.45) is 4.05. The molecule has 1 saturated carbocycles. The molecule has 168 valence electrons. The van der Waals surface area contributed by atoms with Crippen LogP contribution in [0.3, 0.4) is 0 Å². The van der Waals surface area contributed by atoms with Gasteiger partial charge in [0.1, 0.15) is 6.61 Å². The molecule has 1 aliphatic carbocycles. The number of H-pyrrole nitrogens is 1. The van der Waals surface area contributed by atoms with Crippen LogP contribution in [-0.4, -0.2) is 21.3 Å². The van der Waals surface area contributed by atoms with E-state index in [1.807, 2.05) is 36.4 Å². The van der Waals surface area contributed by atoms with Crippen molar-refractivity contribution in [1.82, 2.24) is 9.55 Å². The molecule has 0 saturated heterocycles. The highest BCUT2D eigenvalue weighted by atomic mass is 16.5. The summed E-state index contributed by atoms with van der Waals surface area (Å²) in [7, 11) is 0. The van der Waals surface area contributed by atoms with E-state index in [-0.39, 0.29) is 30.2 Å². The van der Waals surface area contributed by atoms with Crippen LogP contribution in [0.1, 0.15) is 46.6 Å². The van der Waals surface area contributed by atoms with Gasteiger partial charge in [-0.05, 0) is 62.6 Å². The quantitative estimate of drug-likeness (QED) is 0.299. The fourth-order valence-electron chi connectivity index (χ4n) is 5.12. The van der Waals surface area contributed by atoms with Crippen LogP contribution in [0, 0.1) is 25.7 Å². The predicted molar refractivity (Wildman–Crippen MR) is 128 cm³/mol. The third-order valence-electron chi connectivity index (χ3n) is 6.84. The van der Waals surface area contributed by atoms with E-state index >= 15 is 0 Å². The van der Waals surface area contributed by atoms with E-state index in [1.54, 1.807) is 6.20 Å². The number of hydrogen-bond acceptors (Lipinski definition) is 3. The predicted octanol–water partition coefficient (Wildman–Crippen LogP) is 5.92. The maximum Gasteiger partial charge on any atom is 0.310 e. The zero-order valence-electron chi connectivity index (χ0n) is 19.0. The lowest BCUT2D eigenvalue weighted by Gasteiger charge is -2.17. The normalized spacial score (nSPS) is 18.0. The second-order valence-electron chi connectivity index (χ2n) is 8.99. The number of ether oxygens (including phenoxy) is 1. The second kappa shape index (κ2) is 8.74. The summed E-state index contributed by atoms with van der Waals surface area (Å²) in [6.45, 7) is 4.39. The molecule has 0 radical (unpaired) electrons. The highest BCUT2D eigenvalue weighted by molar-refractivity contribution is 6.10. The molecule has 1 unspecified atom stereocenters. The van der Waals surface area contributed by atoms with Gasteiger partial charge < -0.3 is 14.3 Å². The zero-order chi connectivity index (χ0) is 22.9. The van der Waals surface area contributed by atoms with Crippen molar-refractivity contribution in [3.05, 3.63) is 89.4 Å². The summed E-state index contributed by atoms with van der Waals surface area (Å²) in [5, 5.41) is 0.897. The molecule has 2 heterocycles. The highest BCUT2D eigenvalue weighted by Crippen LogP contribution is 2.37. The van der Waals surface area contributed by atoms with Crippen LogP contribution in [0.2, 0.25) is 0 Å². The van der Waals surface area contributed by atoms with E-state index in [0.717, 1.165) is 40.0 Å². The lowest BCUT2D eigenvalue weighted by atomic mass is 9.88. The number of aromatic amines is 1. The lowest BCUT2D eigenvalue weighted by Crippen LogP contribution is -2.27. The molecule has 2 aromatic carbocycles. The first kappa shape index (κ1) is 21.3. The summed E-state index contributed by atoms with van der Waals surface area (Å²) >= 11 is 0. The summed E-state index contributed by atoms with van der Waals surface area (Å²) in [5.41, 5.74) is 5.85. The Morgan fingerprint density at radius 1 is 0.970 bits per heavy atom. The Labute approximate surface area is 193 Å². The Morgan fingerprint density at radius 2 is 1.70 bits per heavy atom. The second-order valence-corrected chi connectivity index (χ2v) is 8.99. The van der Waals surface area contributed by atoms with Gasteiger partial charge in [0.15, 0.2) is 5.78 Å². The molecule has 5 heteroatoms. The molecule has 2 aromatic heterocycles. The summed E-state index contributed by atoms with van der Waals surface area (Å²) in [5.74, 6) is -0.971. The lowest BCUT2D eigenvalue weighted by molar-refractivity contribution is -0.150. The van der Waals surface area contributed by atoms with Crippen LogP contribution in [0.5, 0.6) is 0 Å². The summed E-state index contributed by atoms with van der Waals surface area (Å²) in [6, 6.07) is 20.0. The molecular formula is C28H28N2O3. The number of carbonyl (C=O) groups is 2. The number of nitrogens with one attached hydrogen (secondary N) is 1. The van der Waals surface area contributed by atoms with Crippen molar-refractivity contribution in [3.8, 4) is 5.69 Å². The third kappa shape index (κ3) is 3.99. The van der Waals surface area contributed by atoms with Crippen LogP contribution in [0.4, 0.5) is 0 Å². The minimum Gasteiger partial charge on any atom is -0.461 e. The Hall–Kier alpha value is -3.60. The number of aryl methyl sites for hydroxylation is 2. The Bertz CT molecular complexity index is 1300. The SMILES string of the molecule is Cc1ccc(C)n1-c1ccc2[nH]cc(C(=O)[C@H]3CCCC3C(=O)OCc3ccccc3)c2c1. The van der Waals surface area contributed by atoms with Crippen molar-refractivity contribution in [1.29, 1.82) is 0 Å². The van der Waals surface area contributed by atoms with Crippen molar-refractivity contribution in [2.45, 2.75) is 39.7 Å². The van der Waals surface area contributed by atoms with E-state index in [4.69, 9.17) is 4.74 Å². The molecule has 0 amide bonds. The minimum absolute atomic E-state index is 0.0264. The number of fused-ring (bicyclic) bond motifs is 1. The smallest absolute Gasteiger partial charge is 0.310 e. The van der Waals surface area contributed by atoms with Crippen LogP contribution in [0.25, 0.3) is 16.6 Å². The van der Waals surface area contributed by atoms with Gasteiger partial charge >= 0.3 is 5.97 Å². The van der Waals surface area contributed by atoms with E-state index < -0.39 is 0 Å². The first-order valence-electron chi connectivity index (χ1n) is 11.5. The topological polar surface area (TPSA) is 64.1 Å². The van der Waals surface area contributed by atoms with E-state index in [2.05, 4.69) is 47.7 Å². The number of rotatable bonds is 6. The number of benzene rings is 2. The summed E-state index contributed by atoms with van der Waals surface area (Å²) < 4.78 is 7.77. The van der Waals surface area contributed by atoms with Gasteiger partial charge in [0.25, 0.3) is 0 Å². The molecule has 1 N–H and O–H groups in total. The van der Waals surface area contributed by atoms with Gasteiger partial charge in [-0.1, -0.05) is 36.8 Å². The van der Waals surface area contributed by atoms with Gasteiger partial charge in [0.2, 0.25) is 0 Å². The first-order valence-corrected chi connectivity index (χ1v) is 11.5. The molecule has 1 fully saturated rings. The van der Waals surface area contributed by atoms with Crippen LogP contribution in [0.15, 0.2) is 66.9 Å². The van der Waals surface area contributed by atoms with Crippen molar-refractivity contribution >= 4 is 22.7 Å². The zero-order valence-corrected chi connectivity index (χ0v) is 19.0. The fraction of sp³-hybridized carbons (Fsp3) is 0.286. The summed E-state index contributed by atoms with van der Waals surface area (Å²) in [4.78, 5) is 29.7. The molecule has 1 aliphatic rings. The highest BCUT2D eigenvalue weighted by Gasteiger charge is 2.39. The Kier molecular flexibility index (Phi) is 5.63. The van der Waals surface area contributed by atoms with Crippen molar-refractivity contribution in [2.24, 2.45) is 11.8 Å². The number of aromatic nitrogens is 2. The molecule has 4 aromatic rings. The molecule has 33 heavy (non-hydrogen) atoms. The van der Waals surface area contributed by atoms with Crippen molar-refractivity contribution < 1.29 is 14.3 Å². The number of carbonyl (C=O) groups excluding carboxylic acids is 2. The molecule has 5 nitrogen and oxygen atoms in total. The van der Waals surface area contributed by atoms with Gasteiger partial charge in [-0.2, -0.15) is 0 Å². The number of esters is 1. The van der Waals surface area contributed by atoms with Crippen LogP contribution >= 0.6 is 0 Å². The van der Waals surface area contributed by atoms with Gasteiger partial charge in [-0.15, -0.1) is 0 Å². The number of Topliss-reactive ketones (excluding diaryl/α,β-unsaturated/α-hetero) is 1. The van der Waals surface area contributed by atoms with Crippen LogP contribution in [-0.2, 0) is 16.1 Å². The van der Waals surface area contributed by atoms with E-state index in [0.29, 0.717) is 18.4 Å². The van der Waals surface area contributed by atoms with Gasteiger partial charge in [-0.25, -0.2) is 0 Å². The molecular weight excluding hydrogens is 412 g/mol. The number of hydrogen-bond donors (Lipinski definition) is 1. The van der Waals surface area contributed by atoms with Crippen molar-refractivity contribution in [3.63, 3.8) is 0 Å². The Balaban J connectivity index is 1.39.